The number of aliphatic imine (C=N–C) groups is 1. The minimum absolute atomic E-state index is 0.110. The average Bonchev–Trinajstić information content (AvgIpc) is 1.78. The first-order valence-electron chi connectivity index (χ1n) is 4.56. The number of rotatable bonds is 3. The van der Waals surface area contributed by atoms with E-state index in [1.807, 2.05) is 20.8 Å². The monoisotopic (exact) mass is 198 g/mol. The summed E-state index contributed by atoms with van der Waals surface area (Å²) < 4.78 is 0. The van der Waals surface area contributed by atoms with Gasteiger partial charge in [0.25, 0.3) is 0 Å². The third-order valence-electron chi connectivity index (χ3n) is 1.46. The fourth-order valence-electron chi connectivity index (χ4n) is 1.02. The van der Waals surface area contributed by atoms with Gasteiger partial charge in [0.2, 0.25) is 12.0 Å². The zero-order chi connectivity index (χ0) is 11.4. The van der Waals surface area contributed by atoms with Gasteiger partial charge in [0.05, 0.1) is 12.0 Å². The number of nitrogens with zero attached hydrogens (tertiary/aromatic N) is 1. The second-order valence-electron chi connectivity index (χ2n) is 4.99. The number of amides is 1. The molecule has 0 aliphatic rings. The van der Waals surface area contributed by atoms with Gasteiger partial charge < -0.3 is 5.32 Å². The van der Waals surface area contributed by atoms with Crippen molar-refractivity contribution in [1.29, 1.82) is 0 Å². The van der Waals surface area contributed by atoms with Crippen LogP contribution in [0.3, 0.4) is 0 Å². The minimum atomic E-state index is -0.670. The molecule has 0 saturated heterocycles. The quantitative estimate of drug-likeness (QED) is 0.550. The molecule has 4 heteroatoms. The Balaban J connectivity index is 4.26. The van der Waals surface area contributed by atoms with Gasteiger partial charge in [-0.2, -0.15) is 4.99 Å². The van der Waals surface area contributed by atoms with Crippen LogP contribution in [0.1, 0.15) is 41.0 Å². The van der Waals surface area contributed by atoms with Crippen molar-refractivity contribution in [3.63, 3.8) is 0 Å². The van der Waals surface area contributed by atoms with Crippen molar-refractivity contribution >= 4 is 12.0 Å². The van der Waals surface area contributed by atoms with Gasteiger partial charge in [-0.15, -0.1) is 0 Å². The maximum absolute atomic E-state index is 11.4. The van der Waals surface area contributed by atoms with Crippen LogP contribution in [0.2, 0.25) is 0 Å². The summed E-state index contributed by atoms with van der Waals surface area (Å²) in [5.74, 6) is -0.110. The first kappa shape index (κ1) is 12.8. The van der Waals surface area contributed by atoms with E-state index in [2.05, 4.69) is 10.3 Å². The van der Waals surface area contributed by atoms with E-state index in [0.717, 1.165) is 0 Å². The molecule has 0 rings (SSSR count). The fraction of sp³-hybridized carbons (Fsp3) is 0.800. The van der Waals surface area contributed by atoms with Crippen LogP contribution in [0, 0.1) is 0 Å². The van der Waals surface area contributed by atoms with Crippen LogP contribution in [0.25, 0.3) is 0 Å². The number of nitrogens with one attached hydrogen (secondary N) is 1. The molecule has 1 N–H and O–H groups in total. The maximum Gasteiger partial charge on any atom is 0.235 e. The highest BCUT2D eigenvalue weighted by Crippen LogP contribution is 2.13. The van der Waals surface area contributed by atoms with Crippen molar-refractivity contribution in [2.45, 2.75) is 52.1 Å². The number of carbonyl (C=O) groups is 1. The van der Waals surface area contributed by atoms with E-state index in [1.54, 1.807) is 13.8 Å². The summed E-state index contributed by atoms with van der Waals surface area (Å²) in [6, 6.07) is 0. The Kier molecular flexibility index (Phi) is 4.02. The van der Waals surface area contributed by atoms with Gasteiger partial charge in [-0.25, -0.2) is 4.79 Å². The van der Waals surface area contributed by atoms with Gasteiger partial charge in [-0.05, 0) is 34.6 Å². The number of carbonyl (C=O) groups excluding carboxylic acids is 2. The highest BCUT2D eigenvalue weighted by Gasteiger charge is 2.23. The van der Waals surface area contributed by atoms with Crippen molar-refractivity contribution < 1.29 is 9.59 Å². The van der Waals surface area contributed by atoms with Crippen molar-refractivity contribution in [2.75, 3.05) is 0 Å². The van der Waals surface area contributed by atoms with Crippen LogP contribution in [0.15, 0.2) is 4.99 Å². The lowest BCUT2D eigenvalue weighted by molar-refractivity contribution is -0.123. The molecule has 0 bridgehead atoms. The molecule has 0 saturated carbocycles. The molecule has 4 nitrogen and oxygen atoms in total. The largest absolute Gasteiger partial charge is 0.351 e. The molecule has 0 heterocycles. The van der Waals surface area contributed by atoms with E-state index < -0.39 is 5.54 Å². The molecule has 0 fully saturated rings. The van der Waals surface area contributed by atoms with Gasteiger partial charge in [0, 0.05) is 5.54 Å². The Morgan fingerprint density at radius 2 is 1.79 bits per heavy atom. The lowest BCUT2D eigenvalue weighted by atomic mass is 10.00. The first-order valence-corrected chi connectivity index (χ1v) is 4.56. The van der Waals surface area contributed by atoms with Gasteiger partial charge in [0.15, 0.2) is 0 Å². The molecule has 0 spiro atoms. The highest BCUT2D eigenvalue weighted by atomic mass is 16.1. The SMILES string of the molecule is CC(C)(CC(=O)NC(C)(C)C)N=C=O. The van der Waals surface area contributed by atoms with Crippen molar-refractivity contribution in [2.24, 2.45) is 4.99 Å². The van der Waals surface area contributed by atoms with E-state index in [1.165, 1.54) is 6.08 Å². The van der Waals surface area contributed by atoms with Crippen molar-refractivity contribution in [1.82, 2.24) is 5.32 Å². The number of hydrogen-bond donors (Lipinski definition) is 1. The summed E-state index contributed by atoms with van der Waals surface area (Å²) in [7, 11) is 0. The molecule has 0 aromatic heterocycles. The van der Waals surface area contributed by atoms with Crippen LogP contribution in [0.4, 0.5) is 0 Å². The smallest absolute Gasteiger partial charge is 0.235 e. The molecule has 0 radical (unpaired) electrons. The van der Waals surface area contributed by atoms with Gasteiger partial charge in [-0.3, -0.25) is 4.79 Å². The molecule has 0 aliphatic carbocycles. The topological polar surface area (TPSA) is 58.5 Å². The molecule has 80 valence electrons. The van der Waals surface area contributed by atoms with Gasteiger partial charge in [0.1, 0.15) is 0 Å². The van der Waals surface area contributed by atoms with E-state index in [9.17, 15) is 9.59 Å². The normalized spacial score (nSPS) is 11.8. The third-order valence-corrected chi connectivity index (χ3v) is 1.46. The minimum Gasteiger partial charge on any atom is -0.351 e. The number of isocyanates is 1. The molecule has 0 atom stereocenters. The second kappa shape index (κ2) is 4.38. The molecule has 0 unspecified atom stereocenters. The lowest BCUT2D eigenvalue weighted by Gasteiger charge is -2.23. The van der Waals surface area contributed by atoms with Gasteiger partial charge in [-0.1, -0.05) is 0 Å². The number of hydrogen-bond acceptors (Lipinski definition) is 3. The molecule has 0 aromatic rings. The Labute approximate surface area is 84.8 Å². The molecular formula is C10H18N2O2. The molecular weight excluding hydrogens is 180 g/mol. The molecule has 1 amide bonds. The molecule has 0 aliphatic heterocycles. The summed E-state index contributed by atoms with van der Waals surface area (Å²) in [5.41, 5.74) is -0.921. The maximum atomic E-state index is 11.4. The Hall–Kier alpha value is -1.15. The summed E-state index contributed by atoms with van der Waals surface area (Å²) in [6.07, 6.45) is 1.67. The van der Waals surface area contributed by atoms with Crippen molar-refractivity contribution in [3.05, 3.63) is 0 Å². The Bertz CT molecular complexity index is 258. The molecule has 14 heavy (non-hydrogen) atoms. The van der Waals surface area contributed by atoms with Crippen LogP contribution < -0.4 is 5.32 Å². The summed E-state index contributed by atoms with van der Waals surface area (Å²) in [6.45, 7) is 9.16. The second-order valence-corrected chi connectivity index (χ2v) is 4.99. The van der Waals surface area contributed by atoms with Crippen LogP contribution in [0.5, 0.6) is 0 Å². The fourth-order valence-corrected chi connectivity index (χ4v) is 1.02. The standard InChI is InChI=1S/C10H18N2O2/c1-9(2,3)12-8(14)6-10(4,5)11-7-13/h6H2,1-5H3,(H,12,14). The highest BCUT2D eigenvalue weighted by molar-refractivity contribution is 5.78. The summed E-state index contributed by atoms with van der Waals surface area (Å²) in [4.78, 5) is 25.1. The zero-order valence-corrected chi connectivity index (χ0v) is 9.47. The lowest BCUT2D eigenvalue weighted by Crippen LogP contribution is -2.43. The Morgan fingerprint density at radius 1 is 1.29 bits per heavy atom. The predicted octanol–water partition coefficient (Wildman–Crippen LogP) is 1.41. The summed E-state index contributed by atoms with van der Waals surface area (Å²) >= 11 is 0. The van der Waals surface area contributed by atoms with Gasteiger partial charge >= 0.3 is 0 Å². The summed E-state index contributed by atoms with van der Waals surface area (Å²) in [5, 5.41) is 2.80. The van der Waals surface area contributed by atoms with Crippen LogP contribution >= 0.6 is 0 Å². The molecule has 0 aromatic carbocycles. The van der Waals surface area contributed by atoms with E-state index in [0.29, 0.717) is 0 Å². The van der Waals surface area contributed by atoms with E-state index >= 15 is 0 Å². The zero-order valence-electron chi connectivity index (χ0n) is 9.47. The Morgan fingerprint density at radius 3 is 2.14 bits per heavy atom. The third kappa shape index (κ3) is 6.38. The van der Waals surface area contributed by atoms with Crippen LogP contribution in [-0.4, -0.2) is 23.1 Å². The first-order chi connectivity index (χ1) is 6.16. The average molecular weight is 198 g/mol. The van der Waals surface area contributed by atoms with E-state index in [-0.39, 0.29) is 17.9 Å². The van der Waals surface area contributed by atoms with Crippen LogP contribution in [-0.2, 0) is 9.59 Å². The van der Waals surface area contributed by atoms with Crippen molar-refractivity contribution in [3.8, 4) is 0 Å². The predicted molar refractivity (Wildman–Crippen MR) is 54.7 cm³/mol. The van der Waals surface area contributed by atoms with E-state index in [4.69, 9.17) is 0 Å².